The van der Waals surface area contributed by atoms with Gasteiger partial charge in [-0.1, -0.05) is 24.3 Å². The number of hydrogen-bond acceptors (Lipinski definition) is 2. The van der Waals surface area contributed by atoms with Crippen molar-refractivity contribution in [1.29, 1.82) is 0 Å². The molecule has 0 atom stereocenters. The van der Waals surface area contributed by atoms with Gasteiger partial charge in [0.15, 0.2) is 0 Å². The van der Waals surface area contributed by atoms with Crippen molar-refractivity contribution in [1.82, 2.24) is 14.1 Å². The second kappa shape index (κ2) is 12.8. The van der Waals surface area contributed by atoms with E-state index >= 15 is 0 Å². The molecule has 9 aromatic rings. The van der Waals surface area contributed by atoms with Crippen LogP contribution in [0.15, 0.2) is 158 Å². The van der Waals surface area contributed by atoms with Crippen molar-refractivity contribution in [3.05, 3.63) is 170 Å². The number of ether oxygens (including phenoxy) is 1. The van der Waals surface area contributed by atoms with Crippen LogP contribution >= 0.6 is 0 Å². The van der Waals surface area contributed by atoms with E-state index in [1.807, 2.05) is 30.5 Å². The van der Waals surface area contributed by atoms with Gasteiger partial charge in [0.05, 0.1) is 11.0 Å². The van der Waals surface area contributed by atoms with Crippen LogP contribution < -0.4 is 13.7 Å². The van der Waals surface area contributed by atoms with E-state index in [2.05, 4.69) is 173 Å². The Morgan fingerprint density at radius 3 is 2.27 bits per heavy atom. The molecule has 6 aromatic carbocycles. The van der Waals surface area contributed by atoms with Crippen molar-refractivity contribution >= 4 is 50.5 Å². The predicted octanol–water partition coefficient (Wildman–Crippen LogP) is 11.3. The number of pyridine rings is 1. The number of imidazole rings is 1. The molecule has 0 N–H and O–H groups in total. The fraction of sp³-hybridized carbons (Fsp3) is 0.143. The number of para-hydroxylation sites is 4. The van der Waals surface area contributed by atoms with Crippen molar-refractivity contribution in [3.63, 3.8) is 0 Å². The van der Waals surface area contributed by atoms with Gasteiger partial charge in [-0.2, -0.15) is 0 Å². The van der Waals surface area contributed by atoms with Gasteiger partial charge in [-0.25, -0.2) is 4.98 Å². The van der Waals surface area contributed by atoms with Crippen LogP contribution in [0.25, 0.3) is 61.2 Å². The molecule has 0 amide bonds. The third kappa shape index (κ3) is 5.60. The van der Waals surface area contributed by atoms with Crippen LogP contribution in [-0.4, -0.2) is 27.4 Å². The second-order valence-corrected chi connectivity index (χ2v) is 26.1. The van der Waals surface area contributed by atoms with Crippen LogP contribution in [0.4, 0.5) is 0 Å². The predicted molar refractivity (Wildman–Crippen MR) is 227 cm³/mol. The van der Waals surface area contributed by atoms with Crippen molar-refractivity contribution in [2.45, 2.75) is 42.4 Å². The molecule has 0 bridgehead atoms. The van der Waals surface area contributed by atoms with Crippen LogP contribution in [-0.2, 0) is 5.41 Å². The summed E-state index contributed by atoms with van der Waals surface area (Å²) in [7, 11) is 0. The first-order valence-corrected chi connectivity index (χ1v) is 25.9. The van der Waals surface area contributed by atoms with E-state index in [4.69, 9.17) is 9.72 Å². The summed E-state index contributed by atoms with van der Waals surface area (Å²) in [6.07, 6.45) is 6.89. The molecule has 0 unspecified atom stereocenters. The summed E-state index contributed by atoms with van der Waals surface area (Å²) in [5, 5.41) is 3.69. The summed E-state index contributed by atoms with van der Waals surface area (Å²) in [6, 6.07) is 53.6. The number of aromatic nitrogens is 4. The third-order valence-electron chi connectivity index (χ3n) is 11.7. The summed E-state index contributed by atoms with van der Waals surface area (Å²) >= 11 is -2.29. The fourth-order valence-corrected chi connectivity index (χ4v) is 16.4. The van der Waals surface area contributed by atoms with Crippen LogP contribution in [0.5, 0.6) is 11.5 Å². The van der Waals surface area contributed by atoms with Crippen molar-refractivity contribution in [3.8, 4) is 39.8 Å². The molecular weight excluding hydrogens is 733 g/mol. The third-order valence-corrected chi connectivity index (χ3v) is 18.8. The van der Waals surface area contributed by atoms with E-state index in [1.165, 1.54) is 28.2 Å². The van der Waals surface area contributed by atoms with E-state index < -0.39 is 13.3 Å². The monoisotopic (exact) mass is 776 g/mol. The Balaban J connectivity index is 1.07. The Morgan fingerprint density at radius 1 is 0.673 bits per heavy atom. The molecule has 5 nitrogen and oxygen atoms in total. The van der Waals surface area contributed by atoms with E-state index in [0.717, 1.165) is 56.1 Å². The molecule has 10 rings (SSSR count). The van der Waals surface area contributed by atoms with Gasteiger partial charge in [0.2, 0.25) is 0 Å². The van der Waals surface area contributed by atoms with Crippen LogP contribution in [0.1, 0.15) is 25.8 Å². The fourth-order valence-electron chi connectivity index (χ4n) is 8.85. The molecule has 3 aromatic heterocycles. The minimum atomic E-state index is -2.29. The van der Waals surface area contributed by atoms with E-state index in [9.17, 15) is 0 Å². The topological polar surface area (TPSA) is 35.9 Å². The van der Waals surface area contributed by atoms with Crippen molar-refractivity contribution in [2.24, 2.45) is 0 Å². The van der Waals surface area contributed by atoms with Crippen LogP contribution in [0, 0.1) is 6.33 Å². The van der Waals surface area contributed by atoms with Gasteiger partial charge >= 0.3 is 222 Å². The number of rotatable bonds is 6. The zero-order valence-electron chi connectivity index (χ0n) is 31.6. The Labute approximate surface area is 324 Å². The molecule has 268 valence electrons. The molecule has 0 fully saturated rings. The summed E-state index contributed by atoms with van der Waals surface area (Å²) < 4.78 is 14.9. The normalized spacial score (nSPS) is 14.7. The number of hydrogen-bond donors (Lipinski definition) is 0. The molecule has 0 aliphatic carbocycles. The molecule has 1 aliphatic heterocycles. The number of benzene rings is 6. The molecule has 4 heterocycles. The number of fused-ring (bicyclic) bond motifs is 5. The van der Waals surface area contributed by atoms with E-state index in [-0.39, 0.29) is 5.41 Å². The van der Waals surface area contributed by atoms with Crippen LogP contribution in [0.2, 0.25) is 16.8 Å². The molecule has 1 aliphatic rings. The average Bonchev–Trinajstić information content (AvgIpc) is 3.76. The summed E-state index contributed by atoms with van der Waals surface area (Å²) in [6.45, 7) is 4.85. The molecular formula is C49H42GeN4O. The Bertz CT molecular complexity index is 2920. The van der Waals surface area contributed by atoms with Gasteiger partial charge in [-0.05, 0) is 30.3 Å². The van der Waals surface area contributed by atoms with Gasteiger partial charge in [-0.15, -0.1) is 0 Å². The molecule has 55 heavy (non-hydrogen) atoms. The average molecular weight is 776 g/mol. The first-order valence-electron chi connectivity index (χ1n) is 19.2. The maximum atomic E-state index is 6.64. The van der Waals surface area contributed by atoms with E-state index in [0.29, 0.717) is 0 Å². The Hall–Kier alpha value is -5.92. The van der Waals surface area contributed by atoms with E-state index in [1.54, 1.807) is 9.96 Å². The van der Waals surface area contributed by atoms with Crippen LogP contribution in [0.3, 0.4) is 0 Å². The Kier molecular flexibility index (Phi) is 7.86. The molecule has 0 saturated heterocycles. The Morgan fingerprint density at radius 2 is 1.40 bits per heavy atom. The summed E-state index contributed by atoms with van der Waals surface area (Å²) in [5.74, 6) is 7.58. The second-order valence-electron chi connectivity index (χ2n) is 16.1. The zero-order chi connectivity index (χ0) is 37.3. The van der Waals surface area contributed by atoms with Crippen molar-refractivity contribution < 1.29 is 9.30 Å². The molecule has 0 spiro atoms. The maximum absolute atomic E-state index is 6.64. The SMILES string of the molecule is CC1(C)C[CH2][Ge]([CH3])([CH3])[c]2c(-c3ccccc3-[n+]3[c-]n(-c4cccc(Oc5ccc6c7ccccc7n(-c7ccccn7)c6c5)c4)c4ccccc43)cccc21. The van der Waals surface area contributed by atoms with Crippen molar-refractivity contribution in [2.75, 3.05) is 0 Å². The zero-order valence-corrected chi connectivity index (χ0v) is 33.7. The quantitative estimate of drug-likeness (QED) is 0.0958. The standard InChI is InChI=1S/C49H42GeN4O/c1-49(2)28-29-50(3,4)48-40(19-14-20-41(48)49)38-18-5-7-21-42(38)53-33-52(44-23-9-10-24-45(44)53)34-15-13-16-35(31-34)55-36-26-27-39-37-17-6-8-22-43(37)54(46(39)32-36)47-25-11-12-30-51-47/h5-27,30-32H,28-29H2,1-4H3. The van der Waals surface area contributed by atoms with Gasteiger partial charge in [0, 0.05) is 23.0 Å². The number of nitrogens with zero attached hydrogens (tertiary/aromatic N) is 4. The van der Waals surface area contributed by atoms with Gasteiger partial charge in [-0.3, -0.25) is 4.57 Å². The summed E-state index contributed by atoms with van der Waals surface area (Å²) in [4.78, 5) is 4.70. The first kappa shape index (κ1) is 33.6. The molecule has 0 radical (unpaired) electrons. The first-order chi connectivity index (χ1) is 26.8. The van der Waals surface area contributed by atoms with Gasteiger partial charge < -0.3 is 0 Å². The molecule has 6 heteroatoms. The van der Waals surface area contributed by atoms with Gasteiger partial charge in [0.1, 0.15) is 5.82 Å². The minimum absolute atomic E-state index is 0.173. The van der Waals surface area contributed by atoms with Gasteiger partial charge in [0.25, 0.3) is 0 Å². The summed E-state index contributed by atoms with van der Waals surface area (Å²) in [5.41, 5.74) is 10.8. The molecule has 0 saturated carbocycles.